The zero-order chi connectivity index (χ0) is 11.0. The highest BCUT2D eigenvalue weighted by Crippen LogP contribution is 2.30. The maximum atomic E-state index is 10.5. The number of aliphatic hydroxyl groups is 2. The van der Waals surface area contributed by atoms with Gasteiger partial charge in [0.05, 0.1) is 12.7 Å². The number of hydrogen-bond acceptors (Lipinski definition) is 6. The van der Waals surface area contributed by atoms with Crippen LogP contribution in [0.25, 0.3) is 0 Å². The van der Waals surface area contributed by atoms with Crippen molar-refractivity contribution in [2.75, 3.05) is 6.61 Å². The van der Waals surface area contributed by atoms with Crippen molar-refractivity contribution in [2.24, 2.45) is 0 Å². The van der Waals surface area contributed by atoms with Gasteiger partial charge in [0.15, 0.2) is 0 Å². The fraction of sp³-hybridized carbons (Fsp3) is 1.00. The molecule has 86 valence electrons. The van der Waals surface area contributed by atoms with E-state index in [-0.39, 0.29) is 15.1 Å². The van der Waals surface area contributed by atoms with Crippen molar-refractivity contribution in [1.82, 2.24) is 0 Å². The van der Waals surface area contributed by atoms with Crippen molar-refractivity contribution >= 4 is 8.46 Å². The quantitative estimate of drug-likeness (QED) is 0.596. The summed E-state index contributed by atoms with van der Waals surface area (Å²) in [7, 11) is -0.297. The highest BCUT2D eigenvalue weighted by molar-refractivity contribution is 7.24. The van der Waals surface area contributed by atoms with Crippen LogP contribution in [-0.4, -0.2) is 53.4 Å². The second-order valence-corrected chi connectivity index (χ2v) is 4.34. The first-order valence-corrected chi connectivity index (χ1v) is 5.62. The van der Waals surface area contributed by atoms with Gasteiger partial charge < -0.3 is 24.4 Å². The van der Waals surface area contributed by atoms with E-state index in [2.05, 4.69) is 0 Å². The predicted octanol–water partition coefficient (Wildman–Crippen LogP) is -0.514. The number of hydrogen-bond donors (Lipinski definition) is 2. The van der Waals surface area contributed by atoms with Gasteiger partial charge in [-0.2, -0.15) is 0 Å². The number of aliphatic hydroxyl groups excluding tert-OH is 2. The van der Waals surface area contributed by atoms with Gasteiger partial charge in [-0.3, -0.25) is 4.57 Å². The molecule has 0 aromatic rings. The van der Waals surface area contributed by atoms with Crippen LogP contribution in [0.2, 0.25) is 0 Å². The Labute approximate surface area is 88.3 Å². The standard InChI is InChI=1S/C8H13O6P/c1-3-5(9)6(10)7-4(13-3)2-12-8(14-7)15-11/h3-10H,2H2,1H3/t3?,4?,5-,6-,7-,8?/m1/s1. The van der Waals surface area contributed by atoms with Crippen LogP contribution in [0.1, 0.15) is 6.92 Å². The third kappa shape index (κ3) is 2.06. The molecule has 0 aromatic heterocycles. The minimum atomic E-state index is -1.04. The third-order valence-electron chi connectivity index (χ3n) is 2.69. The molecule has 3 unspecified atom stereocenters. The van der Waals surface area contributed by atoms with Crippen LogP contribution in [-0.2, 0) is 18.8 Å². The van der Waals surface area contributed by atoms with Gasteiger partial charge in [0.1, 0.15) is 24.4 Å². The summed E-state index contributed by atoms with van der Waals surface area (Å²) in [5.41, 5.74) is 0. The molecule has 0 amide bonds. The lowest BCUT2D eigenvalue weighted by molar-refractivity contribution is -0.302. The van der Waals surface area contributed by atoms with Crippen LogP contribution in [0.3, 0.4) is 0 Å². The molecule has 6 nitrogen and oxygen atoms in total. The Morgan fingerprint density at radius 1 is 1.27 bits per heavy atom. The molecule has 0 spiro atoms. The first-order valence-electron chi connectivity index (χ1n) is 4.74. The van der Waals surface area contributed by atoms with Gasteiger partial charge in [0.2, 0.25) is 14.5 Å². The average molecular weight is 236 g/mol. The molecule has 2 rings (SSSR count). The molecule has 2 N–H and O–H groups in total. The third-order valence-corrected chi connectivity index (χ3v) is 3.13. The molecule has 6 atom stereocenters. The maximum absolute atomic E-state index is 10.5. The zero-order valence-electron chi connectivity index (χ0n) is 8.15. The SMILES string of the molecule is CC1OC2COC(P=O)O[C@H]2[C@H](O)[C@@H]1O. The minimum Gasteiger partial charge on any atom is -0.388 e. The van der Waals surface area contributed by atoms with Crippen molar-refractivity contribution in [1.29, 1.82) is 0 Å². The van der Waals surface area contributed by atoms with E-state index in [1.807, 2.05) is 0 Å². The van der Waals surface area contributed by atoms with E-state index in [4.69, 9.17) is 14.2 Å². The molecule has 0 aliphatic carbocycles. The van der Waals surface area contributed by atoms with Gasteiger partial charge in [-0.1, -0.05) is 0 Å². The van der Waals surface area contributed by atoms with Crippen LogP contribution in [0, 0.1) is 0 Å². The van der Waals surface area contributed by atoms with Gasteiger partial charge in [-0.05, 0) is 6.92 Å². The molecule has 7 heteroatoms. The van der Waals surface area contributed by atoms with Gasteiger partial charge in [-0.15, -0.1) is 0 Å². The Bertz CT molecular complexity index is 247. The van der Waals surface area contributed by atoms with Crippen molar-refractivity contribution in [3.63, 3.8) is 0 Å². The van der Waals surface area contributed by atoms with E-state index in [1.165, 1.54) is 0 Å². The Morgan fingerprint density at radius 2 is 2.00 bits per heavy atom. The maximum Gasteiger partial charge on any atom is 0.240 e. The first-order chi connectivity index (χ1) is 7.13. The summed E-state index contributed by atoms with van der Waals surface area (Å²) in [6.07, 6.45) is -3.59. The Balaban J connectivity index is 2.08. The molecule has 0 bridgehead atoms. The van der Waals surface area contributed by atoms with Crippen molar-refractivity contribution in [3.05, 3.63) is 0 Å². The fourth-order valence-corrected chi connectivity index (χ4v) is 2.17. The highest BCUT2D eigenvalue weighted by atomic mass is 31.1. The van der Waals surface area contributed by atoms with E-state index in [9.17, 15) is 14.8 Å². The fourth-order valence-electron chi connectivity index (χ4n) is 1.83. The summed E-state index contributed by atoms with van der Waals surface area (Å²) in [6.45, 7) is 1.88. The molecule has 15 heavy (non-hydrogen) atoms. The van der Waals surface area contributed by atoms with Crippen LogP contribution in [0.5, 0.6) is 0 Å². The van der Waals surface area contributed by atoms with Crippen LogP contribution in [0.4, 0.5) is 0 Å². The topological polar surface area (TPSA) is 85.2 Å². The smallest absolute Gasteiger partial charge is 0.240 e. The Morgan fingerprint density at radius 3 is 2.67 bits per heavy atom. The van der Waals surface area contributed by atoms with Crippen molar-refractivity contribution < 1.29 is 29.0 Å². The minimum absolute atomic E-state index is 0.207. The second-order valence-electron chi connectivity index (χ2n) is 3.71. The lowest BCUT2D eigenvalue weighted by atomic mass is 9.95. The molecular formula is C8H13O6P. The number of ether oxygens (including phenoxy) is 3. The molecule has 0 radical (unpaired) electrons. The van der Waals surface area contributed by atoms with Crippen molar-refractivity contribution in [3.8, 4) is 0 Å². The summed E-state index contributed by atoms with van der Waals surface area (Å²) < 4.78 is 26.2. The molecular weight excluding hydrogens is 223 g/mol. The summed E-state index contributed by atoms with van der Waals surface area (Å²) >= 11 is 0. The molecule has 2 aliphatic rings. The zero-order valence-corrected chi connectivity index (χ0v) is 9.04. The van der Waals surface area contributed by atoms with Gasteiger partial charge >= 0.3 is 0 Å². The lowest BCUT2D eigenvalue weighted by Crippen LogP contribution is -2.61. The van der Waals surface area contributed by atoms with E-state index in [0.29, 0.717) is 0 Å². The number of rotatable bonds is 1. The Kier molecular flexibility index (Phi) is 3.35. The lowest BCUT2D eigenvalue weighted by Gasteiger charge is -2.44. The average Bonchev–Trinajstić information content (AvgIpc) is 2.26. The van der Waals surface area contributed by atoms with E-state index in [0.717, 1.165) is 0 Å². The summed E-state index contributed by atoms with van der Waals surface area (Å²) in [4.78, 5) is 0. The molecule has 0 aromatic carbocycles. The summed E-state index contributed by atoms with van der Waals surface area (Å²) in [5.74, 6) is 0. The Hall–Kier alpha value is -0.100. The predicted molar refractivity (Wildman–Crippen MR) is 48.6 cm³/mol. The van der Waals surface area contributed by atoms with Gasteiger partial charge in [0.25, 0.3) is 0 Å². The summed E-state index contributed by atoms with van der Waals surface area (Å²) in [5, 5.41) is 19.3. The number of fused-ring (bicyclic) bond motifs is 1. The molecule has 0 saturated carbocycles. The van der Waals surface area contributed by atoms with Crippen molar-refractivity contribution in [2.45, 2.75) is 43.5 Å². The monoisotopic (exact) mass is 236 g/mol. The highest BCUT2D eigenvalue weighted by Gasteiger charge is 2.47. The van der Waals surface area contributed by atoms with Crippen LogP contribution < -0.4 is 0 Å². The van der Waals surface area contributed by atoms with Gasteiger partial charge in [-0.25, -0.2) is 0 Å². The van der Waals surface area contributed by atoms with E-state index in [1.54, 1.807) is 6.92 Å². The molecule has 2 saturated heterocycles. The van der Waals surface area contributed by atoms with Gasteiger partial charge in [0, 0.05) is 0 Å². The van der Waals surface area contributed by atoms with E-state index >= 15 is 0 Å². The molecule has 2 fully saturated rings. The largest absolute Gasteiger partial charge is 0.388 e. The normalized spacial score (nSPS) is 51.4. The molecule has 2 aliphatic heterocycles. The van der Waals surface area contributed by atoms with E-state index < -0.39 is 36.6 Å². The first kappa shape index (κ1) is 11.4. The summed E-state index contributed by atoms with van der Waals surface area (Å²) in [6, 6.07) is -0.884. The van der Waals surface area contributed by atoms with Crippen LogP contribution in [0.15, 0.2) is 0 Å². The van der Waals surface area contributed by atoms with Crippen LogP contribution >= 0.6 is 8.46 Å². The second kappa shape index (κ2) is 4.41. The molecule has 2 heterocycles.